The van der Waals surface area contributed by atoms with Gasteiger partial charge in [-0.3, -0.25) is 0 Å². The van der Waals surface area contributed by atoms with Gasteiger partial charge in [0.25, 0.3) is 0 Å². The van der Waals surface area contributed by atoms with Crippen LogP contribution in [0.5, 0.6) is 5.75 Å². The van der Waals surface area contributed by atoms with Crippen molar-refractivity contribution in [3.05, 3.63) is 47.9 Å². The summed E-state index contributed by atoms with van der Waals surface area (Å²) in [7, 11) is -3.60. The quantitative estimate of drug-likeness (QED) is 0.890. The molecule has 0 aliphatic heterocycles. The zero-order valence-electron chi connectivity index (χ0n) is 12.3. The van der Waals surface area contributed by atoms with Gasteiger partial charge in [-0.25, -0.2) is 13.1 Å². The average Bonchev–Trinajstić information content (AvgIpc) is 2.86. The summed E-state index contributed by atoms with van der Waals surface area (Å²) in [6, 6.07) is 9.45. The molecular formula is C15H19NO4S. The minimum atomic E-state index is -3.60. The van der Waals surface area contributed by atoms with Crippen molar-refractivity contribution in [2.24, 2.45) is 0 Å². The fourth-order valence-electron chi connectivity index (χ4n) is 1.93. The zero-order valence-corrected chi connectivity index (χ0v) is 13.1. The van der Waals surface area contributed by atoms with Gasteiger partial charge in [0.05, 0.1) is 17.5 Å². The second kappa shape index (κ2) is 6.32. The van der Waals surface area contributed by atoms with Crippen molar-refractivity contribution in [1.82, 2.24) is 4.72 Å². The topological polar surface area (TPSA) is 68.5 Å². The number of hydrogen-bond acceptors (Lipinski definition) is 4. The Labute approximate surface area is 125 Å². The van der Waals surface area contributed by atoms with Crippen molar-refractivity contribution in [3.8, 4) is 5.75 Å². The lowest BCUT2D eigenvalue weighted by molar-refractivity contribution is 0.340. The fraction of sp³-hybridized carbons (Fsp3) is 0.333. The van der Waals surface area contributed by atoms with Gasteiger partial charge < -0.3 is 9.15 Å². The third-order valence-corrected chi connectivity index (χ3v) is 4.52. The van der Waals surface area contributed by atoms with E-state index in [0.29, 0.717) is 18.1 Å². The maximum absolute atomic E-state index is 12.3. The monoisotopic (exact) mass is 309 g/mol. The van der Waals surface area contributed by atoms with Crippen molar-refractivity contribution in [2.45, 2.75) is 31.7 Å². The molecule has 2 aromatic rings. The molecule has 0 radical (unpaired) electrons. The number of aryl methyl sites for hydroxylation is 1. The molecule has 0 amide bonds. The Kier molecular flexibility index (Phi) is 4.69. The van der Waals surface area contributed by atoms with Gasteiger partial charge in [-0.05, 0) is 57.2 Å². The van der Waals surface area contributed by atoms with Gasteiger partial charge in [-0.15, -0.1) is 0 Å². The second-order valence-electron chi connectivity index (χ2n) is 4.70. The number of benzene rings is 1. The first-order valence-electron chi connectivity index (χ1n) is 6.74. The molecule has 0 aliphatic rings. The van der Waals surface area contributed by atoms with Crippen LogP contribution in [-0.4, -0.2) is 15.0 Å². The third kappa shape index (κ3) is 3.86. The Balaban J connectivity index is 2.14. The molecule has 1 N–H and O–H groups in total. The number of ether oxygens (including phenoxy) is 1. The molecule has 1 heterocycles. The number of nitrogens with one attached hydrogen (secondary N) is 1. The highest BCUT2D eigenvalue weighted by molar-refractivity contribution is 7.89. The van der Waals surface area contributed by atoms with Crippen molar-refractivity contribution in [2.75, 3.05) is 6.61 Å². The van der Waals surface area contributed by atoms with Crippen LogP contribution in [-0.2, 0) is 10.0 Å². The standard InChI is InChI=1S/C15H19NO4S/c1-4-19-13-6-8-14(9-7-13)21(17,18)16-12(3)15-10-5-11(2)20-15/h5-10,12,16H,4H2,1-3H3. The van der Waals surface area contributed by atoms with E-state index in [0.717, 1.165) is 5.76 Å². The van der Waals surface area contributed by atoms with Crippen LogP contribution in [0.1, 0.15) is 31.4 Å². The molecule has 0 saturated carbocycles. The normalized spacial score (nSPS) is 13.1. The van der Waals surface area contributed by atoms with Gasteiger partial charge in [0.15, 0.2) is 0 Å². The molecule has 0 saturated heterocycles. The molecule has 5 nitrogen and oxygen atoms in total. The van der Waals surface area contributed by atoms with Gasteiger partial charge in [0.1, 0.15) is 17.3 Å². The largest absolute Gasteiger partial charge is 0.494 e. The molecule has 0 aliphatic carbocycles. The summed E-state index contributed by atoms with van der Waals surface area (Å²) in [5.74, 6) is 1.98. The highest BCUT2D eigenvalue weighted by Gasteiger charge is 2.20. The smallest absolute Gasteiger partial charge is 0.241 e. The minimum absolute atomic E-state index is 0.195. The minimum Gasteiger partial charge on any atom is -0.494 e. The van der Waals surface area contributed by atoms with E-state index in [4.69, 9.17) is 9.15 Å². The molecule has 2 rings (SSSR count). The van der Waals surface area contributed by atoms with Crippen LogP contribution in [0.3, 0.4) is 0 Å². The van der Waals surface area contributed by atoms with Crippen LogP contribution in [0.4, 0.5) is 0 Å². The predicted octanol–water partition coefficient (Wildman–Crippen LogP) is 3.03. The van der Waals surface area contributed by atoms with Gasteiger partial charge in [0, 0.05) is 0 Å². The van der Waals surface area contributed by atoms with Gasteiger partial charge in [-0.1, -0.05) is 0 Å². The Morgan fingerprint density at radius 1 is 1.19 bits per heavy atom. The first-order valence-corrected chi connectivity index (χ1v) is 8.22. The molecule has 1 aromatic carbocycles. The first-order chi connectivity index (χ1) is 9.92. The summed E-state index contributed by atoms with van der Waals surface area (Å²) in [6.07, 6.45) is 0. The Morgan fingerprint density at radius 2 is 1.86 bits per heavy atom. The summed E-state index contributed by atoms with van der Waals surface area (Å²) in [4.78, 5) is 0.195. The molecule has 1 atom stereocenters. The van der Waals surface area contributed by atoms with E-state index in [1.807, 2.05) is 13.8 Å². The SMILES string of the molecule is CCOc1ccc(S(=O)(=O)NC(C)c2ccc(C)o2)cc1. The lowest BCUT2D eigenvalue weighted by Crippen LogP contribution is -2.26. The number of rotatable bonds is 6. The van der Waals surface area contributed by atoms with Crippen LogP contribution >= 0.6 is 0 Å². The van der Waals surface area contributed by atoms with Crippen molar-refractivity contribution in [1.29, 1.82) is 0 Å². The second-order valence-corrected chi connectivity index (χ2v) is 6.41. The van der Waals surface area contributed by atoms with Crippen LogP contribution < -0.4 is 9.46 Å². The molecule has 0 fully saturated rings. The number of hydrogen-bond donors (Lipinski definition) is 1. The van der Waals surface area contributed by atoms with E-state index in [2.05, 4.69) is 4.72 Å². The van der Waals surface area contributed by atoms with Crippen LogP contribution in [0.15, 0.2) is 45.7 Å². The van der Waals surface area contributed by atoms with Gasteiger partial charge in [-0.2, -0.15) is 0 Å². The summed E-state index contributed by atoms with van der Waals surface area (Å²) in [5, 5.41) is 0. The van der Waals surface area contributed by atoms with E-state index in [9.17, 15) is 8.42 Å². The molecule has 114 valence electrons. The summed E-state index contributed by atoms with van der Waals surface area (Å²) in [5.41, 5.74) is 0. The molecule has 0 bridgehead atoms. The molecule has 6 heteroatoms. The highest BCUT2D eigenvalue weighted by atomic mass is 32.2. The van der Waals surface area contributed by atoms with Crippen molar-refractivity contribution in [3.63, 3.8) is 0 Å². The molecular weight excluding hydrogens is 290 g/mol. The van der Waals surface area contributed by atoms with Crippen LogP contribution in [0, 0.1) is 6.92 Å². The van der Waals surface area contributed by atoms with Crippen molar-refractivity contribution < 1.29 is 17.6 Å². The number of furan rings is 1. The van der Waals surface area contributed by atoms with Gasteiger partial charge >= 0.3 is 0 Å². The van der Waals surface area contributed by atoms with Crippen LogP contribution in [0.25, 0.3) is 0 Å². The highest BCUT2D eigenvalue weighted by Crippen LogP contribution is 2.20. The maximum atomic E-state index is 12.3. The average molecular weight is 309 g/mol. The third-order valence-electron chi connectivity index (χ3n) is 2.96. The zero-order chi connectivity index (χ0) is 15.5. The van der Waals surface area contributed by atoms with E-state index >= 15 is 0 Å². The lowest BCUT2D eigenvalue weighted by Gasteiger charge is -2.12. The van der Waals surface area contributed by atoms with E-state index < -0.39 is 16.1 Å². The predicted molar refractivity (Wildman–Crippen MR) is 79.8 cm³/mol. The Bertz CT molecular complexity index is 689. The molecule has 0 spiro atoms. The van der Waals surface area contributed by atoms with Crippen LogP contribution in [0.2, 0.25) is 0 Å². The summed E-state index contributed by atoms with van der Waals surface area (Å²) < 4.78 is 37.9. The Morgan fingerprint density at radius 3 is 2.38 bits per heavy atom. The van der Waals surface area contributed by atoms with Crippen molar-refractivity contribution >= 4 is 10.0 Å². The van der Waals surface area contributed by atoms with Gasteiger partial charge in [0.2, 0.25) is 10.0 Å². The summed E-state index contributed by atoms with van der Waals surface area (Å²) >= 11 is 0. The van der Waals surface area contributed by atoms with E-state index in [1.54, 1.807) is 31.2 Å². The van der Waals surface area contributed by atoms with E-state index in [-0.39, 0.29) is 4.90 Å². The first kappa shape index (κ1) is 15.6. The lowest BCUT2D eigenvalue weighted by atomic mass is 10.3. The summed E-state index contributed by atoms with van der Waals surface area (Å²) in [6.45, 7) is 5.97. The fourth-order valence-corrected chi connectivity index (χ4v) is 3.14. The Hall–Kier alpha value is -1.79. The number of sulfonamides is 1. The van der Waals surface area contributed by atoms with E-state index in [1.165, 1.54) is 12.1 Å². The molecule has 21 heavy (non-hydrogen) atoms. The molecule has 1 aromatic heterocycles. The maximum Gasteiger partial charge on any atom is 0.241 e. The molecule has 1 unspecified atom stereocenters.